The molecule has 1 aliphatic rings. The molecule has 162 valence electrons. The third-order valence-corrected chi connectivity index (χ3v) is 6.78. The average molecular weight is 484 g/mol. The molecular formula is C24H19Cl2N3O2S. The third-order valence-electron chi connectivity index (χ3n) is 4.78. The molecule has 0 aromatic heterocycles. The van der Waals surface area contributed by atoms with E-state index in [0.717, 1.165) is 11.3 Å². The molecule has 1 N–H and O–H groups in total. The number of carbonyl (C=O) groups excluding carboxylic acids is 2. The zero-order chi connectivity index (χ0) is 22.5. The molecule has 1 heterocycles. The van der Waals surface area contributed by atoms with Crippen molar-refractivity contribution in [1.82, 2.24) is 4.90 Å². The number of rotatable bonds is 6. The van der Waals surface area contributed by atoms with Crippen LogP contribution >= 0.6 is 35.0 Å². The monoisotopic (exact) mass is 483 g/mol. The quantitative estimate of drug-likeness (QED) is 0.456. The number of para-hydroxylation sites is 1. The van der Waals surface area contributed by atoms with Gasteiger partial charge in [0.15, 0.2) is 5.17 Å². The van der Waals surface area contributed by atoms with Gasteiger partial charge in [-0.2, -0.15) is 0 Å². The fraction of sp³-hybridized carbons (Fsp3) is 0.125. The Morgan fingerprint density at radius 3 is 2.38 bits per heavy atom. The van der Waals surface area contributed by atoms with Crippen LogP contribution in [0, 0.1) is 0 Å². The van der Waals surface area contributed by atoms with Crippen LogP contribution in [0.25, 0.3) is 0 Å². The van der Waals surface area contributed by atoms with Crippen LogP contribution in [0.1, 0.15) is 12.0 Å². The van der Waals surface area contributed by atoms with Crippen LogP contribution in [-0.4, -0.2) is 27.1 Å². The first kappa shape index (κ1) is 22.4. The molecule has 1 atom stereocenters. The molecule has 2 amide bonds. The number of amides is 2. The lowest BCUT2D eigenvalue weighted by Gasteiger charge is -2.16. The molecule has 8 heteroatoms. The van der Waals surface area contributed by atoms with E-state index in [9.17, 15) is 9.59 Å². The lowest BCUT2D eigenvalue weighted by Crippen LogP contribution is -2.33. The number of hydrogen-bond donors (Lipinski definition) is 1. The number of halogens is 2. The Bertz CT molecular complexity index is 1160. The number of aliphatic imine (C=N–C) groups is 1. The summed E-state index contributed by atoms with van der Waals surface area (Å²) < 4.78 is 0. The van der Waals surface area contributed by atoms with Crippen LogP contribution in [0.3, 0.4) is 0 Å². The molecule has 5 nitrogen and oxygen atoms in total. The molecule has 0 radical (unpaired) electrons. The minimum absolute atomic E-state index is 0.00849. The largest absolute Gasteiger partial charge is 0.325 e. The van der Waals surface area contributed by atoms with Crippen LogP contribution < -0.4 is 5.32 Å². The highest BCUT2D eigenvalue weighted by Crippen LogP contribution is 2.34. The minimum atomic E-state index is -0.584. The average Bonchev–Trinajstić information content (AvgIpc) is 3.07. The Morgan fingerprint density at radius 2 is 1.66 bits per heavy atom. The molecular weight excluding hydrogens is 465 g/mol. The highest BCUT2D eigenvalue weighted by molar-refractivity contribution is 8.15. The van der Waals surface area contributed by atoms with E-state index in [1.165, 1.54) is 11.8 Å². The summed E-state index contributed by atoms with van der Waals surface area (Å²) in [7, 11) is 0. The topological polar surface area (TPSA) is 61.8 Å². The van der Waals surface area contributed by atoms with Crippen molar-refractivity contribution in [3.05, 3.63) is 94.5 Å². The predicted molar refractivity (Wildman–Crippen MR) is 132 cm³/mol. The zero-order valence-corrected chi connectivity index (χ0v) is 19.2. The molecule has 4 rings (SSSR count). The van der Waals surface area contributed by atoms with Crippen LogP contribution in [0.2, 0.25) is 10.0 Å². The first-order valence-electron chi connectivity index (χ1n) is 9.91. The lowest BCUT2D eigenvalue weighted by molar-refractivity contribution is -0.128. The van der Waals surface area contributed by atoms with E-state index in [4.69, 9.17) is 23.2 Å². The number of nitrogens with zero attached hydrogens (tertiary/aromatic N) is 2. The second kappa shape index (κ2) is 10.2. The van der Waals surface area contributed by atoms with Gasteiger partial charge in [0, 0.05) is 6.42 Å². The molecule has 0 spiro atoms. The van der Waals surface area contributed by atoms with Gasteiger partial charge in [0.25, 0.3) is 0 Å². The van der Waals surface area contributed by atoms with E-state index in [2.05, 4.69) is 10.3 Å². The van der Waals surface area contributed by atoms with Crippen LogP contribution in [0.4, 0.5) is 11.4 Å². The fourth-order valence-electron chi connectivity index (χ4n) is 3.22. The summed E-state index contributed by atoms with van der Waals surface area (Å²) in [5, 5.41) is 3.35. The lowest BCUT2D eigenvalue weighted by atomic mass is 10.2. The predicted octanol–water partition coefficient (Wildman–Crippen LogP) is 6.15. The van der Waals surface area contributed by atoms with Crippen molar-refractivity contribution >= 4 is 63.3 Å². The van der Waals surface area contributed by atoms with Gasteiger partial charge in [-0.1, -0.05) is 89.6 Å². The first-order valence-corrected chi connectivity index (χ1v) is 11.5. The van der Waals surface area contributed by atoms with Crippen LogP contribution in [0.15, 0.2) is 83.9 Å². The van der Waals surface area contributed by atoms with Crippen molar-refractivity contribution in [3.8, 4) is 0 Å². The molecule has 0 unspecified atom stereocenters. The number of anilines is 1. The first-order chi connectivity index (χ1) is 15.5. The Hall–Kier alpha value is -2.80. The summed E-state index contributed by atoms with van der Waals surface area (Å²) in [6.45, 7) is 0.385. The Balaban J connectivity index is 1.54. The van der Waals surface area contributed by atoms with Crippen molar-refractivity contribution in [2.75, 3.05) is 5.32 Å². The number of carbonyl (C=O) groups is 2. The second-order valence-electron chi connectivity index (χ2n) is 7.10. The fourth-order valence-corrected chi connectivity index (χ4v) is 4.72. The van der Waals surface area contributed by atoms with E-state index < -0.39 is 5.25 Å². The van der Waals surface area contributed by atoms with Crippen molar-refractivity contribution in [2.45, 2.75) is 18.2 Å². The van der Waals surface area contributed by atoms with Gasteiger partial charge in [-0.05, 0) is 29.8 Å². The summed E-state index contributed by atoms with van der Waals surface area (Å²) >= 11 is 13.5. The van der Waals surface area contributed by atoms with E-state index in [-0.39, 0.29) is 23.3 Å². The normalized spacial score (nSPS) is 17.1. The van der Waals surface area contributed by atoms with Crippen molar-refractivity contribution in [3.63, 3.8) is 0 Å². The van der Waals surface area contributed by atoms with Gasteiger partial charge in [0.2, 0.25) is 11.8 Å². The number of amidine groups is 1. The maximum atomic E-state index is 13.2. The molecule has 0 aliphatic carbocycles. The van der Waals surface area contributed by atoms with E-state index >= 15 is 0 Å². The number of hydrogen-bond acceptors (Lipinski definition) is 4. The number of nitrogens with one attached hydrogen (secondary N) is 1. The second-order valence-corrected chi connectivity index (χ2v) is 9.06. The van der Waals surface area contributed by atoms with Crippen LogP contribution in [0.5, 0.6) is 0 Å². The molecule has 32 heavy (non-hydrogen) atoms. The Morgan fingerprint density at radius 1 is 0.969 bits per heavy atom. The number of thioether (sulfide) groups is 1. The third kappa shape index (κ3) is 5.33. The van der Waals surface area contributed by atoms with E-state index in [0.29, 0.717) is 22.4 Å². The maximum Gasteiger partial charge on any atom is 0.242 e. The molecule has 1 aliphatic heterocycles. The SMILES string of the molecule is O=C(C[C@@H]1SC(=Nc2ccccc2)N(Cc2ccccc2)C1=O)Nc1cccc(Cl)c1Cl. The highest BCUT2D eigenvalue weighted by atomic mass is 35.5. The van der Waals surface area contributed by atoms with Gasteiger partial charge in [0.1, 0.15) is 5.25 Å². The summed E-state index contributed by atoms with van der Waals surface area (Å²) in [6.07, 6.45) is -0.00849. The summed E-state index contributed by atoms with van der Waals surface area (Å²) in [4.78, 5) is 32.2. The van der Waals surface area contributed by atoms with Gasteiger partial charge in [-0.15, -0.1) is 0 Å². The molecule has 1 fully saturated rings. The number of benzene rings is 3. The molecule has 0 bridgehead atoms. The summed E-state index contributed by atoms with van der Waals surface area (Å²) in [5.41, 5.74) is 2.15. The van der Waals surface area contributed by atoms with Gasteiger partial charge in [-0.25, -0.2) is 4.99 Å². The van der Waals surface area contributed by atoms with Gasteiger partial charge >= 0.3 is 0 Å². The van der Waals surface area contributed by atoms with E-state index in [1.54, 1.807) is 23.1 Å². The Kier molecular flexibility index (Phi) is 7.15. The van der Waals surface area contributed by atoms with Gasteiger partial charge < -0.3 is 5.32 Å². The minimum Gasteiger partial charge on any atom is -0.325 e. The highest BCUT2D eigenvalue weighted by Gasteiger charge is 2.39. The maximum absolute atomic E-state index is 13.2. The molecule has 3 aromatic rings. The summed E-state index contributed by atoms with van der Waals surface area (Å²) in [6, 6.07) is 24.1. The molecule has 0 saturated carbocycles. The van der Waals surface area contributed by atoms with Crippen molar-refractivity contribution in [1.29, 1.82) is 0 Å². The van der Waals surface area contributed by atoms with Crippen molar-refractivity contribution < 1.29 is 9.59 Å². The standard InChI is InChI=1S/C24H19Cl2N3O2S/c25-18-12-7-13-19(22(18)26)28-21(30)14-20-23(31)29(15-16-8-3-1-4-9-16)24(32-20)27-17-10-5-2-6-11-17/h1-13,20H,14-15H2,(H,28,30)/t20-/m0/s1. The van der Waals surface area contributed by atoms with E-state index in [1.807, 2.05) is 60.7 Å². The summed E-state index contributed by atoms with van der Waals surface area (Å²) in [5.74, 6) is -0.471. The molecule has 3 aromatic carbocycles. The van der Waals surface area contributed by atoms with Crippen molar-refractivity contribution in [2.24, 2.45) is 4.99 Å². The van der Waals surface area contributed by atoms with Crippen LogP contribution in [-0.2, 0) is 16.1 Å². The Labute approximate surface area is 200 Å². The van der Waals surface area contributed by atoms with Gasteiger partial charge in [-0.3, -0.25) is 14.5 Å². The zero-order valence-electron chi connectivity index (χ0n) is 16.9. The van der Waals surface area contributed by atoms with Gasteiger partial charge in [0.05, 0.1) is 28.0 Å². The smallest absolute Gasteiger partial charge is 0.242 e. The molecule has 1 saturated heterocycles.